The fourth-order valence-electron chi connectivity index (χ4n) is 10.5. The van der Waals surface area contributed by atoms with Crippen LogP contribution >= 0.6 is 0 Å². The molecule has 4 atom stereocenters. The molecule has 0 amide bonds. The summed E-state index contributed by atoms with van der Waals surface area (Å²) in [6.07, 6.45) is 15.3. The molecule has 0 aromatic heterocycles. The van der Waals surface area contributed by atoms with Gasteiger partial charge in [0.15, 0.2) is 0 Å². The van der Waals surface area contributed by atoms with Crippen LogP contribution in [0.3, 0.4) is 0 Å². The Morgan fingerprint density at radius 1 is 0.286 bits per heavy atom. The van der Waals surface area contributed by atoms with Crippen LogP contribution in [0.2, 0.25) is 0 Å². The van der Waals surface area contributed by atoms with E-state index in [9.17, 15) is 20.4 Å². The van der Waals surface area contributed by atoms with E-state index in [2.05, 4.69) is 190 Å². The van der Waals surface area contributed by atoms with Crippen molar-refractivity contribution in [2.45, 2.75) is 285 Å². The van der Waals surface area contributed by atoms with Crippen LogP contribution in [0.1, 0.15) is 284 Å². The minimum atomic E-state index is -0.248. The Morgan fingerprint density at radius 2 is 0.440 bits per heavy atom. The molecule has 456 valence electrons. The number of benzene rings is 4. The summed E-state index contributed by atoms with van der Waals surface area (Å²) in [5.74, 6) is 0.240. The van der Waals surface area contributed by atoms with E-state index in [-0.39, 0.29) is 145 Å². The third kappa shape index (κ3) is 20.6. The molecule has 0 heterocycles. The van der Waals surface area contributed by atoms with Crippen LogP contribution < -0.4 is 20.4 Å². The van der Waals surface area contributed by atoms with Gasteiger partial charge in [0.1, 0.15) is 0 Å². The van der Waals surface area contributed by atoms with Crippen LogP contribution in [0.15, 0.2) is 68.5 Å². The van der Waals surface area contributed by atoms with Crippen molar-refractivity contribution in [3.8, 4) is 23.0 Å². The van der Waals surface area contributed by atoms with E-state index >= 15 is 0 Å². The Kier molecular flexibility index (Phi) is 27.3. The fourth-order valence-corrected chi connectivity index (χ4v) is 10.5. The van der Waals surface area contributed by atoms with Gasteiger partial charge in [0.2, 0.25) is 0 Å². The van der Waals surface area contributed by atoms with E-state index in [1.165, 1.54) is 0 Å². The maximum Gasteiger partial charge on any atom is 4.00 e. The molecule has 84 heavy (non-hydrogen) atoms. The summed E-state index contributed by atoms with van der Waals surface area (Å²) in [5.41, 5.74) is 9.24. The molecule has 0 unspecified atom stereocenters. The summed E-state index contributed by atoms with van der Waals surface area (Å²) >= 11 is 0. The van der Waals surface area contributed by atoms with Crippen molar-refractivity contribution in [2.24, 2.45) is 20.0 Å². The summed E-state index contributed by atoms with van der Waals surface area (Å²) in [4.78, 5) is 19.9. The minimum absolute atomic E-state index is 0. The maximum atomic E-state index is 13.5. The first kappa shape index (κ1) is 78.1. The first-order valence-electron chi connectivity index (χ1n) is 30.0. The van der Waals surface area contributed by atoms with E-state index in [1.807, 2.05) is 24.3 Å². The molecule has 0 saturated heterocycles. The Labute approximate surface area is 539 Å². The number of nitrogens with zero attached hydrogens (tertiary/aromatic N) is 4. The first-order valence-corrected chi connectivity index (χ1v) is 30.0. The van der Waals surface area contributed by atoms with Gasteiger partial charge in [0, 0.05) is 24.9 Å². The quantitative estimate of drug-likeness (QED) is 0.125. The topological polar surface area (TPSA) is 199 Å². The smallest absolute Gasteiger partial charge is 2.00 e. The van der Waals surface area contributed by atoms with Crippen LogP contribution in [0.5, 0.6) is 23.0 Å². The Bertz CT molecular complexity index is 2540. The van der Waals surface area contributed by atoms with Crippen molar-refractivity contribution < 1.29 is 74.8 Å². The second-order valence-electron chi connectivity index (χ2n) is 31.7. The summed E-state index contributed by atoms with van der Waals surface area (Å²) < 4.78 is 0. The number of hydrogen-bond donors (Lipinski definition) is 0. The second-order valence-corrected chi connectivity index (χ2v) is 31.7. The van der Waals surface area contributed by atoms with Gasteiger partial charge in [-0.05, 0) is 136 Å². The molecule has 0 aliphatic heterocycles. The molecule has 2 aliphatic carbocycles. The molecule has 0 radical (unpaired) electrons. The van der Waals surface area contributed by atoms with Gasteiger partial charge in [0.05, 0.1) is 24.2 Å². The van der Waals surface area contributed by atoms with Crippen LogP contribution in [-0.2, 0) is 97.7 Å². The van der Waals surface area contributed by atoms with Crippen LogP contribution in [-0.4, -0.2) is 49.0 Å². The molecule has 2 saturated carbocycles. The zero-order valence-corrected chi connectivity index (χ0v) is 59.3. The van der Waals surface area contributed by atoms with Crippen molar-refractivity contribution in [1.82, 2.24) is 0 Å². The van der Waals surface area contributed by atoms with Crippen LogP contribution in [0, 0.1) is 0 Å². The second kappa shape index (κ2) is 29.4. The van der Waals surface area contributed by atoms with Crippen molar-refractivity contribution in [1.29, 1.82) is 0 Å². The van der Waals surface area contributed by atoms with Crippen LogP contribution in [0.25, 0.3) is 0 Å². The van der Waals surface area contributed by atoms with Gasteiger partial charge in [-0.25, -0.2) is 0 Å². The number of aliphatic imine (C=N–C) groups is 4. The third-order valence-electron chi connectivity index (χ3n) is 16.2. The molecular formula is C72H104N4O6Ti2. The molecule has 0 N–H and O–H groups in total. The summed E-state index contributed by atoms with van der Waals surface area (Å²) in [6, 6.07) is 16.3. The molecule has 12 heteroatoms. The predicted octanol–water partition coefficient (Wildman–Crippen LogP) is 15.5. The average molecular weight is 1220 g/mol. The van der Waals surface area contributed by atoms with Gasteiger partial charge in [-0.1, -0.05) is 263 Å². The molecule has 2 fully saturated rings. The SMILES string of the molecule is CC(C)(C)c1cc(C=N[C@H]2CCCC[C@@H]2N=Cc2cc(C(C)(C)C)cc(C(C)(C)C)c2[O-])c([O-])c(C(C)(C)C)c1.CC(C)(C)c1cc(C=N[C@H]2CCCC[C@H]2N=Cc2cc(C(C)(C)C)cc(C(C)(C)C)c2[O-])c([O-])c(C(C)(C)C)c1.[O-2].[O-2].[Ti+4].[Ti+4]. The Morgan fingerprint density at radius 3 is 0.571 bits per heavy atom. The average Bonchev–Trinajstić information content (AvgIpc) is 3.30. The van der Waals surface area contributed by atoms with Crippen molar-refractivity contribution in [2.75, 3.05) is 0 Å². The summed E-state index contributed by atoms with van der Waals surface area (Å²) in [5, 5.41) is 53.9. The van der Waals surface area contributed by atoms with Gasteiger partial charge >= 0.3 is 43.4 Å². The molecule has 6 rings (SSSR count). The standard InChI is InChI=1S/2C36H54N2O2.2O.2Ti/c2*1-33(2,3)25-17-23(31(39)27(19-25)35(7,8)9)21-37-29-15-13-14-16-30(29)38-22-24-18-26(34(4,5)6)20-28(32(24)40)36(10,11)12;;;;/h2*17-22,29-30,39-40H,13-16H2,1-12H3;;;;/q;;2*-2;2*+4/p-4/t29-,30+;29-,30-;;;;/m.0..../s1. The molecule has 10 nitrogen and oxygen atoms in total. The summed E-state index contributed by atoms with van der Waals surface area (Å²) in [7, 11) is 0. The van der Waals surface area contributed by atoms with Crippen LogP contribution in [0.4, 0.5) is 0 Å². The minimum Gasteiger partial charge on any atom is -2.00 e. The number of hydrogen-bond acceptors (Lipinski definition) is 8. The molecule has 2 aliphatic rings. The van der Waals surface area contributed by atoms with Crippen molar-refractivity contribution in [3.05, 3.63) is 115 Å². The van der Waals surface area contributed by atoms with Crippen molar-refractivity contribution in [3.63, 3.8) is 0 Å². The predicted molar refractivity (Wildman–Crippen MR) is 337 cm³/mol. The van der Waals surface area contributed by atoms with Gasteiger partial charge in [-0.15, -0.1) is 0 Å². The van der Waals surface area contributed by atoms with Gasteiger partial charge in [0.25, 0.3) is 0 Å². The Hall–Kier alpha value is -3.89. The molecular weight excluding hydrogens is 1110 g/mol. The van der Waals surface area contributed by atoms with Crippen molar-refractivity contribution >= 4 is 24.9 Å². The van der Waals surface area contributed by atoms with Gasteiger partial charge in [-0.2, -0.15) is 0 Å². The first-order chi connectivity index (χ1) is 36.4. The summed E-state index contributed by atoms with van der Waals surface area (Å²) in [6.45, 7) is 51.2. The monoisotopic (exact) mass is 1220 g/mol. The van der Waals surface area contributed by atoms with E-state index in [4.69, 9.17) is 20.0 Å². The zero-order valence-electron chi connectivity index (χ0n) is 56.1. The Balaban J connectivity index is 0.000000802. The molecule has 0 bridgehead atoms. The van der Waals surface area contributed by atoms with E-state index in [0.29, 0.717) is 22.3 Å². The largest absolute Gasteiger partial charge is 4.00 e. The van der Waals surface area contributed by atoms with E-state index in [1.54, 1.807) is 24.9 Å². The molecule has 4 aromatic carbocycles. The normalized spacial score (nSPS) is 18.7. The van der Waals surface area contributed by atoms with Gasteiger partial charge in [-0.3, -0.25) is 20.0 Å². The van der Waals surface area contributed by atoms with E-state index in [0.717, 1.165) is 95.9 Å². The van der Waals surface area contributed by atoms with E-state index < -0.39 is 0 Å². The fraction of sp³-hybridized carbons (Fsp3) is 0.611. The number of rotatable bonds is 8. The molecule has 4 aromatic rings. The molecule has 0 spiro atoms. The third-order valence-corrected chi connectivity index (χ3v) is 16.2. The zero-order chi connectivity index (χ0) is 60.5. The van der Waals surface area contributed by atoms with Gasteiger partial charge < -0.3 is 31.4 Å². The maximum absolute atomic E-state index is 13.5.